The Kier molecular flexibility index (Phi) is 15.1. The number of rotatable bonds is 9. The van der Waals surface area contributed by atoms with Gasteiger partial charge in [-0.2, -0.15) is 11.3 Å². The minimum atomic E-state index is -1.25. The highest BCUT2D eigenvalue weighted by atomic mass is 32.1. The summed E-state index contributed by atoms with van der Waals surface area (Å²) < 4.78 is 20.2. The van der Waals surface area contributed by atoms with Crippen molar-refractivity contribution in [1.29, 1.82) is 0 Å². The predicted molar refractivity (Wildman–Crippen MR) is 192 cm³/mol. The molecule has 2 aliphatic heterocycles. The van der Waals surface area contributed by atoms with Crippen LogP contribution in [0.15, 0.2) is 46.8 Å². The maximum atomic E-state index is 13.6. The minimum Gasteiger partial charge on any atom is -0.462 e. The molecule has 51 heavy (non-hydrogen) atoms. The molecule has 4 rings (SSSR count). The number of aliphatic hydroxyl groups excluding tert-OH is 4. The van der Waals surface area contributed by atoms with Crippen molar-refractivity contribution in [2.45, 2.75) is 116 Å². The first-order valence-electron chi connectivity index (χ1n) is 17.9. The van der Waals surface area contributed by atoms with Gasteiger partial charge in [-0.15, -0.1) is 5.10 Å². The van der Waals surface area contributed by atoms with E-state index in [4.69, 9.17) is 14.2 Å². The molecule has 2 aromatic heterocycles. The molecular formula is C37H56N4O9S. The largest absolute Gasteiger partial charge is 0.462 e. The molecule has 14 heteroatoms. The number of carbonyl (C=O) groups is 2. The van der Waals surface area contributed by atoms with Gasteiger partial charge >= 0.3 is 5.97 Å². The van der Waals surface area contributed by atoms with E-state index >= 15 is 0 Å². The second kappa shape index (κ2) is 18.8. The zero-order valence-corrected chi connectivity index (χ0v) is 31.6. The lowest BCUT2D eigenvalue weighted by Crippen LogP contribution is -2.63. The Morgan fingerprint density at radius 1 is 1.12 bits per heavy atom. The third-order valence-electron chi connectivity index (χ3n) is 10.2. The van der Waals surface area contributed by atoms with E-state index < -0.39 is 78.6 Å². The topological polar surface area (TPSA) is 177 Å². The Balaban J connectivity index is 1.72. The molecule has 1 fully saturated rings. The van der Waals surface area contributed by atoms with E-state index in [0.717, 1.165) is 16.8 Å². The van der Waals surface area contributed by atoms with E-state index in [1.54, 1.807) is 61.0 Å². The van der Waals surface area contributed by atoms with Crippen molar-refractivity contribution in [1.82, 2.24) is 19.9 Å². The summed E-state index contributed by atoms with van der Waals surface area (Å²) in [6.45, 7) is 9.15. The number of ether oxygens (including phenoxy) is 3. The van der Waals surface area contributed by atoms with Crippen LogP contribution in [0.3, 0.4) is 0 Å². The van der Waals surface area contributed by atoms with E-state index in [2.05, 4.69) is 10.3 Å². The minimum absolute atomic E-state index is 0.107. The number of thiophene rings is 1. The number of cyclic esters (lactones) is 1. The first-order chi connectivity index (χ1) is 24.2. The molecule has 2 aromatic rings. The molecule has 0 amide bonds. The first kappa shape index (κ1) is 40.9. The van der Waals surface area contributed by atoms with Crippen LogP contribution in [0.2, 0.25) is 0 Å². The van der Waals surface area contributed by atoms with E-state index in [0.29, 0.717) is 25.8 Å². The molecule has 284 valence electrons. The van der Waals surface area contributed by atoms with Gasteiger partial charge in [0.25, 0.3) is 0 Å². The Morgan fingerprint density at radius 2 is 1.86 bits per heavy atom. The molecule has 2 aliphatic rings. The van der Waals surface area contributed by atoms with E-state index in [1.165, 1.54) is 6.08 Å². The number of ketones is 1. The van der Waals surface area contributed by atoms with Gasteiger partial charge in [-0.25, -0.2) is 0 Å². The Bertz CT molecular complexity index is 1460. The summed E-state index contributed by atoms with van der Waals surface area (Å²) >= 11 is 1.57. The monoisotopic (exact) mass is 732 g/mol. The Labute approximate surface area is 304 Å². The maximum absolute atomic E-state index is 13.6. The average Bonchev–Trinajstić information content (AvgIpc) is 3.80. The van der Waals surface area contributed by atoms with Gasteiger partial charge in [0.1, 0.15) is 17.9 Å². The van der Waals surface area contributed by atoms with Gasteiger partial charge < -0.3 is 39.5 Å². The fourth-order valence-corrected chi connectivity index (χ4v) is 7.76. The quantitative estimate of drug-likeness (QED) is 0.278. The summed E-state index contributed by atoms with van der Waals surface area (Å²) in [7, 11) is 3.51. The van der Waals surface area contributed by atoms with E-state index in [9.17, 15) is 30.0 Å². The van der Waals surface area contributed by atoms with Crippen LogP contribution in [0.1, 0.15) is 60.3 Å². The molecule has 1 saturated heterocycles. The lowest BCUT2D eigenvalue weighted by Gasteiger charge is -2.46. The molecule has 0 aromatic carbocycles. The SMILES string of the molecule is CC[C@H]1OC(=O)C[C@@H](O)[C@H](C)[C@@H](O[C@@H]2O[C@H](C)[C@@H](O)C(N(C)C)C2O)[C@@H](CCn2cc(-c3ccsc3)nn2)C[C@@H](C)C(=O)/C=C/C(C)=C/[C@@H]1CO. The number of aryl methyl sites for hydroxylation is 1. The molecule has 2 unspecified atom stereocenters. The summed E-state index contributed by atoms with van der Waals surface area (Å²) in [6.07, 6.45) is 1.01. The van der Waals surface area contributed by atoms with Crippen LogP contribution in [-0.4, -0.2) is 122 Å². The van der Waals surface area contributed by atoms with Crippen LogP contribution in [0, 0.1) is 23.7 Å². The van der Waals surface area contributed by atoms with Crippen molar-refractivity contribution in [2.24, 2.45) is 23.7 Å². The molecule has 12 atom stereocenters. The normalized spacial score (nSPS) is 36.4. The fourth-order valence-electron chi connectivity index (χ4n) is 7.11. The molecule has 4 heterocycles. The number of aromatic nitrogens is 3. The van der Waals surface area contributed by atoms with Crippen LogP contribution >= 0.6 is 11.3 Å². The summed E-state index contributed by atoms with van der Waals surface area (Å²) in [6, 6.07) is 1.27. The third-order valence-corrected chi connectivity index (χ3v) is 10.9. The third kappa shape index (κ3) is 10.6. The summed E-state index contributed by atoms with van der Waals surface area (Å²) in [5.74, 6) is -2.78. The zero-order chi connectivity index (χ0) is 37.4. The van der Waals surface area contributed by atoms with Crippen LogP contribution in [0.5, 0.6) is 0 Å². The summed E-state index contributed by atoms with van der Waals surface area (Å²) in [5.41, 5.74) is 2.43. The molecule has 0 bridgehead atoms. The van der Waals surface area contributed by atoms with Crippen molar-refractivity contribution in [3.05, 3.63) is 46.8 Å². The van der Waals surface area contributed by atoms with Crippen LogP contribution in [-0.2, 0) is 30.3 Å². The molecule has 0 aliphatic carbocycles. The molecule has 13 nitrogen and oxygen atoms in total. The molecule has 0 radical (unpaired) electrons. The highest BCUT2D eigenvalue weighted by molar-refractivity contribution is 7.08. The van der Waals surface area contributed by atoms with Crippen LogP contribution < -0.4 is 0 Å². The van der Waals surface area contributed by atoms with Gasteiger partial charge in [0.2, 0.25) is 0 Å². The first-order valence-corrected chi connectivity index (χ1v) is 18.8. The highest BCUT2D eigenvalue weighted by Gasteiger charge is 2.47. The second-order valence-electron chi connectivity index (χ2n) is 14.4. The Hall–Kier alpha value is -2.82. The number of nitrogens with zero attached hydrogens (tertiary/aromatic N) is 4. The van der Waals surface area contributed by atoms with Gasteiger partial charge in [-0.3, -0.25) is 14.3 Å². The maximum Gasteiger partial charge on any atom is 0.308 e. The fraction of sp³-hybridized carbons (Fsp3) is 0.676. The van der Waals surface area contributed by atoms with Crippen molar-refractivity contribution in [3.63, 3.8) is 0 Å². The number of aliphatic hydroxyl groups is 4. The standard InChI is InChI=1S/C37H56N4O9S/c1-8-31-27(19-42)15-21(2)9-10-29(43)22(3)16-25(11-13-41-18-28(38-39-41)26-12-14-51-20-26)36(23(4)30(44)17-32(45)49-31)50-37-35(47)33(40(6)7)34(46)24(5)48-37/h9-10,12,14-15,18,20,22-25,27,30-31,33-37,42,44,46-47H,8,11,13,16-17,19H2,1-7H3/b10-9+,21-15+/t22-,23+,24-,25+,27-,30-,31-,33?,34-,35?,36-,37+/m1/s1. The van der Waals surface area contributed by atoms with Gasteiger partial charge in [0.05, 0.1) is 49.7 Å². The average molecular weight is 733 g/mol. The summed E-state index contributed by atoms with van der Waals surface area (Å²) in [5, 5.41) is 56.7. The molecule has 4 N–H and O–H groups in total. The highest BCUT2D eigenvalue weighted by Crippen LogP contribution is 2.35. The van der Waals surface area contributed by atoms with Crippen LogP contribution in [0.4, 0.5) is 0 Å². The molecule has 0 spiro atoms. The van der Waals surface area contributed by atoms with E-state index in [-0.39, 0.29) is 18.8 Å². The van der Waals surface area contributed by atoms with Crippen molar-refractivity contribution >= 4 is 23.1 Å². The van der Waals surface area contributed by atoms with Crippen LogP contribution in [0.25, 0.3) is 11.3 Å². The van der Waals surface area contributed by atoms with Crippen molar-refractivity contribution in [2.75, 3.05) is 20.7 Å². The lowest BCUT2D eigenvalue weighted by molar-refractivity contribution is -0.304. The molecular weight excluding hydrogens is 676 g/mol. The number of allylic oxidation sites excluding steroid dienone is 3. The van der Waals surface area contributed by atoms with Gasteiger partial charge in [-0.1, -0.05) is 43.7 Å². The predicted octanol–water partition coefficient (Wildman–Crippen LogP) is 3.22. The van der Waals surface area contributed by atoms with Gasteiger partial charge in [0.15, 0.2) is 12.1 Å². The lowest BCUT2D eigenvalue weighted by atomic mass is 9.79. The Morgan fingerprint density at radius 3 is 2.51 bits per heavy atom. The van der Waals surface area contributed by atoms with Gasteiger partial charge in [0, 0.05) is 35.2 Å². The number of hydrogen-bond acceptors (Lipinski definition) is 13. The van der Waals surface area contributed by atoms with Gasteiger partial charge in [-0.05, 0) is 70.6 Å². The van der Waals surface area contributed by atoms with Crippen molar-refractivity contribution < 1.29 is 44.2 Å². The summed E-state index contributed by atoms with van der Waals surface area (Å²) in [4.78, 5) is 28.6. The number of esters is 1. The number of hydrogen-bond donors (Lipinski definition) is 4. The van der Waals surface area contributed by atoms with Crippen molar-refractivity contribution in [3.8, 4) is 11.3 Å². The van der Waals surface area contributed by atoms with E-state index in [1.807, 2.05) is 43.8 Å². The second-order valence-corrected chi connectivity index (χ2v) is 15.2. The number of carbonyl (C=O) groups excluding carboxylic acids is 2. The zero-order valence-electron chi connectivity index (χ0n) is 30.7. The smallest absolute Gasteiger partial charge is 0.308 e. The molecule has 0 saturated carbocycles. The number of likely N-dealkylation sites (N-methyl/N-ethyl adjacent to an activating group) is 1.